The SMILES string of the molecule is Cc1cnc(N[NH-])cn1.Oc1ccc(CCNCCN2CCCCC2)cc1P.[Y]. The second-order valence-corrected chi connectivity index (χ2v) is 7.59. The minimum absolute atomic E-state index is 0. The molecule has 0 saturated carbocycles. The van der Waals surface area contributed by atoms with Crippen LogP contribution in [0.25, 0.3) is 5.84 Å². The van der Waals surface area contributed by atoms with Crippen LogP contribution in [0, 0.1) is 6.92 Å². The van der Waals surface area contributed by atoms with Crippen molar-refractivity contribution in [2.45, 2.75) is 32.6 Å². The van der Waals surface area contributed by atoms with Crippen molar-refractivity contribution in [3.63, 3.8) is 0 Å². The standard InChI is InChI=1S/C15H25N2OP.C5H7N4.Y/c18-14-5-4-13(12-15(14)19)6-7-16-8-11-17-9-2-1-3-10-17;1-4-2-8-5(9-6)3-7-4;/h4-5,12,16,18H,1-3,6-11,19H2;2-3,6H,1H3,(H,8,9);/q;-1;. The van der Waals surface area contributed by atoms with E-state index in [9.17, 15) is 5.11 Å². The van der Waals surface area contributed by atoms with Crippen molar-refractivity contribution in [2.75, 3.05) is 38.1 Å². The van der Waals surface area contributed by atoms with Crippen molar-refractivity contribution in [3.8, 4) is 5.75 Å². The number of phenolic OH excluding ortho intramolecular Hbond substituents is 1. The van der Waals surface area contributed by atoms with Crippen LogP contribution in [0.1, 0.15) is 30.5 Å². The molecule has 1 unspecified atom stereocenters. The van der Waals surface area contributed by atoms with E-state index in [1.165, 1.54) is 50.7 Å². The zero-order chi connectivity index (χ0) is 20.2. The van der Waals surface area contributed by atoms with Gasteiger partial charge >= 0.3 is 0 Å². The first-order valence-electron chi connectivity index (χ1n) is 9.80. The summed E-state index contributed by atoms with van der Waals surface area (Å²) in [6.07, 6.45) is 8.28. The van der Waals surface area contributed by atoms with E-state index in [0.717, 1.165) is 30.5 Å². The van der Waals surface area contributed by atoms with Crippen LogP contribution in [0.5, 0.6) is 5.75 Å². The molecule has 1 aliphatic heterocycles. The van der Waals surface area contributed by atoms with Crippen LogP contribution in [0.4, 0.5) is 5.82 Å². The zero-order valence-corrected chi connectivity index (χ0v) is 21.2. The summed E-state index contributed by atoms with van der Waals surface area (Å²) >= 11 is 0. The molecule has 1 radical (unpaired) electrons. The number of anilines is 1. The number of phenols is 1. The van der Waals surface area contributed by atoms with Crippen LogP contribution in [0.3, 0.4) is 0 Å². The van der Waals surface area contributed by atoms with Crippen LogP contribution in [-0.2, 0) is 39.1 Å². The topological polar surface area (TPSA) is 97.1 Å². The van der Waals surface area contributed by atoms with E-state index in [2.05, 4.69) is 34.9 Å². The van der Waals surface area contributed by atoms with Crippen molar-refractivity contribution in [2.24, 2.45) is 0 Å². The van der Waals surface area contributed by atoms with Gasteiger partial charge in [0, 0.05) is 51.1 Å². The molecule has 2 heterocycles. The molecule has 1 saturated heterocycles. The number of likely N-dealkylation sites (tertiary alicyclic amines) is 1. The molecule has 1 aromatic heterocycles. The first-order valence-corrected chi connectivity index (χ1v) is 10.4. The Morgan fingerprint density at radius 2 is 1.90 bits per heavy atom. The number of aryl methyl sites for hydroxylation is 1. The summed E-state index contributed by atoms with van der Waals surface area (Å²) in [5, 5.41) is 13.8. The molecular weight excluding hydrogens is 460 g/mol. The monoisotopic (exact) mass is 492 g/mol. The number of rotatable bonds is 7. The van der Waals surface area contributed by atoms with E-state index in [1.807, 2.05) is 19.1 Å². The Morgan fingerprint density at radius 3 is 2.52 bits per heavy atom. The van der Waals surface area contributed by atoms with Crippen molar-refractivity contribution >= 4 is 20.4 Å². The number of piperidine rings is 1. The third kappa shape index (κ3) is 10.8. The van der Waals surface area contributed by atoms with E-state index < -0.39 is 0 Å². The van der Waals surface area contributed by atoms with Crippen LogP contribution in [0.2, 0.25) is 0 Å². The first kappa shape index (κ1) is 26.3. The molecule has 7 nitrogen and oxygen atoms in total. The summed E-state index contributed by atoms with van der Waals surface area (Å²) in [6.45, 7) is 7.64. The van der Waals surface area contributed by atoms with Gasteiger partial charge in [-0.15, -0.1) is 9.24 Å². The molecule has 1 aliphatic rings. The number of aromatic hydroxyl groups is 1. The smallest absolute Gasteiger partial charge is 0.127 e. The maximum absolute atomic E-state index is 9.46. The molecular formula is C20H32N6OPY-. The fraction of sp³-hybridized carbons (Fsp3) is 0.500. The Labute approximate surface area is 201 Å². The Kier molecular flexibility index (Phi) is 13.8. The van der Waals surface area contributed by atoms with E-state index in [-0.39, 0.29) is 32.7 Å². The number of aromatic nitrogens is 2. The van der Waals surface area contributed by atoms with Crippen LogP contribution < -0.4 is 16.0 Å². The summed E-state index contributed by atoms with van der Waals surface area (Å²) in [5.41, 5.74) is 4.26. The Balaban J connectivity index is 0.000000355. The van der Waals surface area contributed by atoms with Crippen molar-refractivity contribution in [1.29, 1.82) is 0 Å². The molecule has 0 spiro atoms. The molecule has 1 aromatic carbocycles. The van der Waals surface area contributed by atoms with E-state index >= 15 is 0 Å². The van der Waals surface area contributed by atoms with Crippen molar-refractivity contribution in [1.82, 2.24) is 20.2 Å². The van der Waals surface area contributed by atoms with Crippen LogP contribution in [0.15, 0.2) is 30.6 Å². The second-order valence-electron chi connectivity index (χ2n) is 6.96. The summed E-state index contributed by atoms with van der Waals surface area (Å²) in [5.74, 6) is 7.49. The van der Waals surface area contributed by atoms with Gasteiger partial charge in [-0.25, -0.2) is 4.98 Å². The largest absolute Gasteiger partial charge is 0.585 e. The van der Waals surface area contributed by atoms with Gasteiger partial charge in [0.25, 0.3) is 0 Å². The van der Waals surface area contributed by atoms with Gasteiger partial charge < -0.3 is 26.6 Å². The normalized spacial score (nSPS) is 13.8. The molecule has 9 heteroatoms. The second kappa shape index (κ2) is 15.2. The molecule has 2 aromatic rings. The number of nitrogens with one attached hydrogen (secondary N) is 3. The van der Waals surface area contributed by atoms with Gasteiger partial charge in [-0.2, -0.15) is 0 Å². The fourth-order valence-electron chi connectivity index (χ4n) is 2.99. The minimum Gasteiger partial charge on any atom is -0.585 e. The zero-order valence-electron chi connectivity index (χ0n) is 17.2. The minimum atomic E-state index is 0. The summed E-state index contributed by atoms with van der Waals surface area (Å²) in [6, 6.07) is 5.80. The molecule has 0 aliphatic carbocycles. The van der Waals surface area contributed by atoms with Crippen molar-refractivity contribution in [3.05, 3.63) is 47.7 Å². The third-order valence-corrected chi connectivity index (χ3v) is 5.11. The number of hydrogen-bond donors (Lipinski definition) is 3. The molecule has 1 atom stereocenters. The van der Waals surface area contributed by atoms with Gasteiger partial charge in [-0.1, -0.05) is 12.5 Å². The predicted molar refractivity (Wildman–Crippen MR) is 119 cm³/mol. The maximum Gasteiger partial charge on any atom is 0.127 e. The Morgan fingerprint density at radius 1 is 1.14 bits per heavy atom. The predicted octanol–water partition coefficient (Wildman–Crippen LogP) is 2.67. The molecule has 0 bridgehead atoms. The van der Waals surface area contributed by atoms with Crippen LogP contribution in [-0.4, -0.2) is 52.7 Å². The third-order valence-electron chi connectivity index (χ3n) is 4.64. The van der Waals surface area contributed by atoms with E-state index in [0.29, 0.717) is 11.6 Å². The van der Waals surface area contributed by atoms with Gasteiger partial charge in [-0.3, -0.25) is 4.98 Å². The molecule has 4 N–H and O–H groups in total. The molecule has 29 heavy (non-hydrogen) atoms. The maximum atomic E-state index is 9.46. The molecule has 1 fully saturated rings. The van der Waals surface area contributed by atoms with Crippen molar-refractivity contribution < 1.29 is 37.8 Å². The summed E-state index contributed by atoms with van der Waals surface area (Å²) < 4.78 is 0. The molecule has 157 valence electrons. The Bertz CT molecular complexity index is 698. The molecule has 3 rings (SSSR count). The van der Waals surface area contributed by atoms with Gasteiger partial charge in [0.2, 0.25) is 0 Å². The van der Waals surface area contributed by atoms with Gasteiger partial charge in [-0.05, 0) is 63.5 Å². The van der Waals surface area contributed by atoms with Gasteiger partial charge in [0.1, 0.15) is 11.6 Å². The quantitative estimate of drug-likeness (QED) is 0.313. The van der Waals surface area contributed by atoms with E-state index in [1.54, 1.807) is 12.3 Å². The Hall–Kier alpha value is -0.686. The number of hydrogen-bond acceptors (Lipinski definition) is 6. The van der Waals surface area contributed by atoms with E-state index in [4.69, 9.17) is 5.84 Å². The van der Waals surface area contributed by atoms with Gasteiger partial charge in [0.15, 0.2) is 0 Å². The number of benzene rings is 1. The van der Waals surface area contributed by atoms with Crippen LogP contribution >= 0.6 is 9.24 Å². The summed E-state index contributed by atoms with van der Waals surface area (Å²) in [7, 11) is 2.57. The first-order chi connectivity index (χ1) is 13.6. The fourth-order valence-corrected chi connectivity index (χ4v) is 3.30. The number of nitrogens with zero attached hydrogens (tertiary/aromatic N) is 3. The molecule has 0 amide bonds. The van der Waals surface area contributed by atoms with Gasteiger partial charge in [0.05, 0.1) is 18.1 Å². The average Bonchev–Trinajstić information content (AvgIpc) is 2.72. The average molecular weight is 492 g/mol. The summed E-state index contributed by atoms with van der Waals surface area (Å²) in [4.78, 5) is 10.3.